The Hall–Kier alpha value is -1.89. The van der Waals surface area contributed by atoms with E-state index in [1.807, 2.05) is 13.1 Å². The van der Waals surface area contributed by atoms with Crippen molar-refractivity contribution in [3.05, 3.63) is 18.0 Å². The van der Waals surface area contributed by atoms with E-state index >= 15 is 0 Å². The van der Waals surface area contributed by atoms with Crippen LogP contribution in [0.15, 0.2) is 12.3 Å². The maximum absolute atomic E-state index is 12.6. The third kappa shape index (κ3) is 3.05. The maximum Gasteiger partial charge on any atom is 0.271 e. The standard InChI is InChI=1S/C18H27N5O2/c1-2-22-7-6-14(21-22)18(25)20-11-16-13-8-12(9-19-10-13)15-4-3-5-17(24)23(15)16/h6-7,12-13,15-16,19H,2-5,8-11H2,1H3,(H,20,25)/t12-,13-,15-,16-/m0/s1. The molecular formula is C18H27N5O2. The van der Waals surface area contributed by atoms with Crippen LogP contribution < -0.4 is 10.6 Å². The van der Waals surface area contributed by atoms with E-state index in [0.717, 1.165) is 38.9 Å². The van der Waals surface area contributed by atoms with Gasteiger partial charge in [-0.1, -0.05) is 0 Å². The molecule has 3 saturated heterocycles. The summed E-state index contributed by atoms with van der Waals surface area (Å²) in [5.41, 5.74) is 0.443. The quantitative estimate of drug-likeness (QED) is 0.839. The number of amides is 2. The van der Waals surface area contributed by atoms with Gasteiger partial charge >= 0.3 is 0 Å². The molecule has 1 aromatic heterocycles. The van der Waals surface area contributed by atoms with Gasteiger partial charge in [0.05, 0.1) is 6.04 Å². The molecule has 0 radical (unpaired) electrons. The molecule has 0 saturated carbocycles. The topological polar surface area (TPSA) is 79.3 Å². The second-order valence-corrected chi connectivity index (χ2v) is 7.51. The largest absolute Gasteiger partial charge is 0.349 e. The number of carbonyl (C=O) groups excluding carboxylic acids is 2. The van der Waals surface area contributed by atoms with E-state index in [2.05, 4.69) is 20.6 Å². The average molecular weight is 345 g/mol. The number of fused-ring (bicyclic) bond motifs is 4. The lowest BCUT2D eigenvalue weighted by Gasteiger charge is -2.54. The van der Waals surface area contributed by atoms with Gasteiger partial charge in [-0.15, -0.1) is 0 Å². The Morgan fingerprint density at radius 2 is 2.24 bits per heavy atom. The predicted molar refractivity (Wildman–Crippen MR) is 93.0 cm³/mol. The molecule has 4 heterocycles. The number of nitrogens with zero attached hydrogens (tertiary/aromatic N) is 3. The second-order valence-electron chi connectivity index (χ2n) is 7.51. The molecule has 3 fully saturated rings. The molecule has 2 bridgehead atoms. The highest BCUT2D eigenvalue weighted by atomic mass is 16.2. The molecule has 0 aromatic carbocycles. The van der Waals surface area contributed by atoms with Gasteiger partial charge in [0, 0.05) is 38.3 Å². The molecule has 25 heavy (non-hydrogen) atoms. The van der Waals surface area contributed by atoms with Crippen molar-refractivity contribution >= 4 is 11.8 Å². The van der Waals surface area contributed by atoms with E-state index in [4.69, 9.17) is 0 Å². The Kier molecular flexibility index (Phi) is 4.50. The summed E-state index contributed by atoms with van der Waals surface area (Å²) in [7, 11) is 0. The molecule has 7 heteroatoms. The van der Waals surface area contributed by atoms with Crippen LogP contribution in [0.5, 0.6) is 0 Å². The zero-order valence-corrected chi connectivity index (χ0v) is 14.8. The Morgan fingerprint density at radius 3 is 3.04 bits per heavy atom. The van der Waals surface area contributed by atoms with Crippen LogP contribution in [-0.4, -0.2) is 58.2 Å². The van der Waals surface area contributed by atoms with Crippen molar-refractivity contribution in [2.75, 3.05) is 19.6 Å². The lowest BCUT2D eigenvalue weighted by molar-refractivity contribution is -0.148. The van der Waals surface area contributed by atoms with Crippen molar-refractivity contribution in [3.63, 3.8) is 0 Å². The Bertz CT molecular complexity index is 658. The highest BCUT2D eigenvalue weighted by Crippen LogP contribution is 2.39. The Morgan fingerprint density at radius 1 is 1.40 bits per heavy atom. The minimum Gasteiger partial charge on any atom is -0.349 e. The molecule has 0 spiro atoms. The molecule has 7 nitrogen and oxygen atoms in total. The summed E-state index contributed by atoms with van der Waals surface area (Å²) in [6.45, 7) is 5.19. The number of nitrogens with one attached hydrogen (secondary N) is 2. The number of rotatable bonds is 4. The fourth-order valence-electron chi connectivity index (χ4n) is 4.84. The number of carbonyl (C=O) groups is 2. The molecule has 1 aromatic rings. The predicted octanol–water partition coefficient (Wildman–Crippen LogP) is 0.622. The van der Waals surface area contributed by atoms with Gasteiger partial charge in [0.25, 0.3) is 5.91 Å². The molecule has 3 aliphatic heterocycles. The van der Waals surface area contributed by atoms with Gasteiger partial charge < -0.3 is 15.5 Å². The van der Waals surface area contributed by atoms with Crippen molar-refractivity contribution in [2.45, 2.75) is 51.2 Å². The zero-order chi connectivity index (χ0) is 17.4. The van der Waals surface area contributed by atoms with Crippen molar-refractivity contribution in [1.82, 2.24) is 25.3 Å². The van der Waals surface area contributed by atoms with E-state index in [-0.39, 0.29) is 17.9 Å². The first-order valence-corrected chi connectivity index (χ1v) is 9.51. The summed E-state index contributed by atoms with van der Waals surface area (Å²) in [6.07, 6.45) is 5.71. The van der Waals surface area contributed by atoms with Crippen LogP contribution in [-0.2, 0) is 11.3 Å². The van der Waals surface area contributed by atoms with E-state index in [1.165, 1.54) is 0 Å². The second kappa shape index (κ2) is 6.78. The Balaban J connectivity index is 1.47. The van der Waals surface area contributed by atoms with Crippen LogP contribution in [0, 0.1) is 11.8 Å². The molecule has 2 N–H and O–H groups in total. The van der Waals surface area contributed by atoms with Gasteiger partial charge in [-0.2, -0.15) is 5.10 Å². The van der Waals surface area contributed by atoms with E-state index in [9.17, 15) is 9.59 Å². The fourth-order valence-corrected chi connectivity index (χ4v) is 4.84. The third-order valence-corrected chi connectivity index (χ3v) is 6.07. The summed E-state index contributed by atoms with van der Waals surface area (Å²) in [6, 6.07) is 2.18. The van der Waals surface area contributed by atoms with E-state index in [1.54, 1.807) is 10.7 Å². The third-order valence-electron chi connectivity index (χ3n) is 6.07. The van der Waals surface area contributed by atoms with Crippen LogP contribution in [0.1, 0.15) is 43.1 Å². The molecule has 3 aliphatic rings. The molecule has 0 aliphatic carbocycles. The maximum atomic E-state index is 12.6. The summed E-state index contributed by atoms with van der Waals surface area (Å²) in [4.78, 5) is 27.1. The minimum absolute atomic E-state index is 0.0964. The lowest BCUT2D eigenvalue weighted by atomic mass is 9.72. The van der Waals surface area contributed by atoms with Crippen molar-refractivity contribution in [2.24, 2.45) is 11.8 Å². The van der Waals surface area contributed by atoms with Crippen molar-refractivity contribution in [3.8, 4) is 0 Å². The van der Waals surface area contributed by atoms with E-state index < -0.39 is 0 Å². The Labute approximate surface area is 148 Å². The van der Waals surface area contributed by atoms with Gasteiger partial charge in [0.15, 0.2) is 0 Å². The zero-order valence-electron chi connectivity index (χ0n) is 14.8. The van der Waals surface area contributed by atoms with Crippen LogP contribution in [0.4, 0.5) is 0 Å². The first kappa shape index (κ1) is 16.6. The summed E-state index contributed by atoms with van der Waals surface area (Å²) in [5.74, 6) is 1.10. The minimum atomic E-state index is -0.154. The van der Waals surface area contributed by atoms with Crippen molar-refractivity contribution < 1.29 is 9.59 Å². The average Bonchev–Trinajstić information content (AvgIpc) is 3.11. The monoisotopic (exact) mass is 345 g/mol. The number of aromatic nitrogens is 2. The molecule has 4 rings (SSSR count). The number of hydrogen-bond donors (Lipinski definition) is 2. The van der Waals surface area contributed by atoms with E-state index in [0.29, 0.717) is 36.5 Å². The number of hydrogen-bond acceptors (Lipinski definition) is 4. The highest BCUT2D eigenvalue weighted by molar-refractivity contribution is 5.92. The van der Waals surface area contributed by atoms with Gasteiger partial charge in [-0.05, 0) is 50.6 Å². The summed E-state index contributed by atoms with van der Waals surface area (Å²) < 4.78 is 1.75. The highest BCUT2D eigenvalue weighted by Gasteiger charge is 2.47. The van der Waals surface area contributed by atoms with Crippen LogP contribution in [0.3, 0.4) is 0 Å². The summed E-state index contributed by atoms with van der Waals surface area (Å²) >= 11 is 0. The smallest absolute Gasteiger partial charge is 0.271 e. The molecule has 0 unspecified atom stereocenters. The first-order chi connectivity index (χ1) is 12.2. The molecule has 4 atom stereocenters. The molecule has 136 valence electrons. The SMILES string of the molecule is CCn1ccc(C(=O)NC[C@H]2[C@@H]3CNC[C@H](C3)[C@@H]3CCCC(=O)N32)n1. The van der Waals surface area contributed by atoms with Crippen molar-refractivity contribution in [1.29, 1.82) is 0 Å². The van der Waals surface area contributed by atoms with Gasteiger partial charge in [-0.3, -0.25) is 14.3 Å². The molecule has 2 amide bonds. The molecular weight excluding hydrogens is 318 g/mol. The van der Waals surface area contributed by atoms with Crippen LogP contribution in [0.2, 0.25) is 0 Å². The lowest BCUT2D eigenvalue weighted by Crippen LogP contribution is -2.66. The number of aryl methyl sites for hydroxylation is 1. The summed E-state index contributed by atoms with van der Waals surface area (Å²) in [5, 5.41) is 10.8. The van der Waals surface area contributed by atoms with Gasteiger partial charge in [0.1, 0.15) is 5.69 Å². The van der Waals surface area contributed by atoms with Crippen LogP contribution >= 0.6 is 0 Å². The first-order valence-electron chi connectivity index (χ1n) is 9.51. The van der Waals surface area contributed by atoms with Gasteiger partial charge in [0.2, 0.25) is 5.91 Å². The van der Waals surface area contributed by atoms with Gasteiger partial charge in [-0.25, -0.2) is 0 Å². The fraction of sp³-hybridized carbons (Fsp3) is 0.722. The normalized spacial score (nSPS) is 31.6. The number of piperidine rings is 3. The van der Waals surface area contributed by atoms with Crippen LogP contribution in [0.25, 0.3) is 0 Å².